The molecule has 3 aromatic rings. The van der Waals surface area contributed by atoms with Crippen molar-refractivity contribution in [3.8, 4) is 22.3 Å². The van der Waals surface area contributed by atoms with Crippen LogP contribution in [0.1, 0.15) is 23.9 Å². The van der Waals surface area contributed by atoms with Crippen LogP contribution in [0, 0.1) is 6.92 Å². The molecule has 25 heavy (non-hydrogen) atoms. The Bertz CT molecular complexity index is 858. The Morgan fingerprint density at radius 3 is 2.84 bits per heavy atom. The van der Waals surface area contributed by atoms with Crippen LogP contribution in [0.5, 0.6) is 11.5 Å². The third-order valence-electron chi connectivity index (χ3n) is 4.29. The predicted octanol–water partition coefficient (Wildman–Crippen LogP) is 4.46. The van der Waals surface area contributed by atoms with Crippen molar-refractivity contribution in [3.05, 3.63) is 52.7 Å². The van der Waals surface area contributed by atoms with Crippen LogP contribution in [-0.2, 0) is 13.1 Å². The summed E-state index contributed by atoms with van der Waals surface area (Å²) in [5, 5.41) is 2.03. The van der Waals surface area contributed by atoms with E-state index in [0.29, 0.717) is 12.7 Å². The summed E-state index contributed by atoms with van der Waals surface area (Å²) in [7, 11) is 0. The van der Waals surface area contributed by atoms with Crippen molar-refractivity contribution in [2.45, 2.75) is 26.9 Å². The minimum atomic E-state index is 0.305. The molecule has 0 radical (unpaired) electrons. The number of aromatic nitrogens is 1. The van der Waals surface area contributed by atoms with E-state index in [0.717, 1.165) is 47.5 Å². The number of rotatable bonds is 6. The molecule has 1 aromatic carbocycles. The first-order valence-electron chi connectivity index (χ1n) is 8.34. The van der Waals surface area contributed by atoms with Crippen LogP contribution in [0.3, 0.4) is 0 Å². The highest BCUT2D eigenvalue weighted by Crippen LogP contribution is 2.33. The molecule has 0 fully saturated rings. The standard InChI is InChI=1S/C19H20N2O3S/c1-3-21(10-14-6-7-16-17(9-14)23-12-22-16)11-15-13(2)24-19(20-15)18-5-4-8-25-18/h4-9H,3,10-12H2,1-2H3. The number of fused-ring (bicyclic) bond motifs is 1. The van der Waals surface area contributed by atoms with Gasteiger partial charge in [-0.2, -0.15) is 0 Å². The molecule has 0 spiro atoms. The van der Waals surface area contributed by atoms with Gasteiger partial charge in [-0.25, -0.2) is 4.98 Å². The molecule has 4 rings (SSSR count). The van der Waals surface area contributed by atoms with Gasteiger partial charge < -0.3 is 13.9 Å². The van der Waals surface area contributed by atoms with Gasteiger partial charge in [-0.05, 0) is 42.6 Å². The van der Waals surface area contributed by atoms with Crippen LogP contribution in [-0.4, -0.2) is 23.2 Å². The molecule has 1 aliphatic rings. The normalized spacial score (nSPS) is 12.9. The van der Waals surface area contributed by atoms with Crippen LogP contribution in [0.4, 0.5) is 0 Å². The molecule has 2 aromatic heterocycles. The topological polar surface area (TPSA) is 47.7 Å². The SMILES string of the molecule is CCN(Cc1ccc2c(c1)OCO2)Cc1nc(-c2cccs2)oc1C. The number of hydrogen-bond donors (Lipinski definition) is 0. The highest BCUT2D eigenvalue weighted by Gasteiger charge is 2.17. The molecule has 0 saturated carbocycles. The van der Waals surface area contributed by atoms with E-state index in [1.54, 1.807) is 11.3 Å². The number of ether oxygens (including phenoxy) is 2. The van der Waals surface area contributed by atoms with Gasteiger partial charge in [0.2, 0.25) is 12.7 Å². The van der Waals surface area contributed by atoms with Crippen molar-refractivity contribution < 1.29 is 13.9 Å². The third kappa shape index (κ3) is 3.41. The Kier molecular flexibility index (Phi) is 4.46. The lowest BCUT2D eigenvalue weighted by Gasteiger charge is -2.19. The lowest BCUT2D eigenvalue weighted by molar-refractivity contribution is 0.174. The van der Waals surface area contributed by atoms with Crippen molar-refractivity contribution >= 4 is 11.3 Å². The smallest absolute Gasteiger partial charge is 0.236 e. The van der Waals surface area contributed by atoms with Crippen molar-refractivity contribution in [2.24, 2.45) is 0 Å². The molecule has 0 saturated heterocycles. The zero-order chi connectivity index (χ0) is 17.2. The van der Waals surface area contributed by atoms with Gasteiger partial charge in [0.1, 0.15) is 5.76 Å². The monoisotopic (exact) mass is 356 g/mol. The molecule has 5 nitrogen and oxygen atoms in total. The Hall–Kier alpha value is -2.31. The van der Waals surface area contributed by atoms with Crippen LogP contribution in [0.25, 0.3) is 10.8 Å². The van der Waals surface area contributed by atoms with Gasteiger partial charge in [-0.1, -0.05) is 19.1 Å². The third-order valence-corrected chi connectivity index (χ3v) is 5.15. The zero-order valence-electron chi connectivity index (χ0n) is 14.3. The summed E-state index contributed by atoms with van der Waals surface area (Å²) in [5.41, 5.74) is 2.19. The highest BCUT2D eigenvalue weighted by atomic mass is 32.1. The van der Waals surface area contributed by atoms with E-state index in [9.17, 15) is 0 Å². The maximum atomic E-state index is 5.85. The van der Waals surface area contributed by atoms with E-state index in [1.807, 2.05) is 30.5 Å². The molecule has 1 aliphatic heterocycles. The molecule has 0 amide bonds. The van der Waals surface area contributed by atoms with Crippen molar-refractivity contribution in [1.82, 2.24) is 9.88 Å². The average Bonchev–Trinajstić information content (AvgIpc) is 3.34. The summed E-state index contributed by atoms with van der Waals surface area (Å²) in [5.74, 6) is 3.24. The first kappa shape index (κ1) is 16.2. The lowest BCUT2D eigenvalue weighted by atomic mass is 10.2. The van der Waals surface area contributed by atoms with Crippen molar-refractivity contribution in [3.63, 3.8) is 0 Å². The number of oxazole rings is 1. The van der Waals surface area contributed by atoms with E-state index in [2.05, 4.69) is 24.0 Å². The van der Waals surface area contributed by atoms with Crippen molar-refractivity contribution in [1.29, 1.82) is 0 Å². The predicted molar refractivity (Wildman–Crippen MR) is 96.9 cm³/mol. The molecule has 3 heterocycles. The fourth-order valence-electron chi connectivity index (χ4n) is 2.87. The van der Waals surface area contributed by atoms with E-state index in [4.69, 9.17) is 18.9 Å². The largest absolute Gasteiger partial charge is 0.454 e. The molecule has 0 N–H and O–H groups in total. The van der Waals surface area contributed by atoms with Gasteiger partial charge in [0, 0.05) is 13.1 Å². The summed E-state index contributed by atoms with van der Waals surface area (Å²) >= 11 is 1.64. The first-order valence-corrected chi connectivity index (χ1v) is 9.22. The molecular weight excluding hydrogens is 336 g/mol. The quantitative estimate of drug-likeness (QED) is 0.652. The molecular formula is C19H20N2O3S. The molecule has 0 bridgehead atoms. The molecule has 0 unspecified atom stereocenters. The summed E-state index contributed by atoms with van der Waals surface area (Å²) < 4.78 is 16.7. The maximum absolute atomic E-state index is 5.85. The van der Waals surface area contributed by atoms with Gasteiger partial charge in [0.05, 0.1) is 10.6 Å². The molecule has 0 aliphatic carbocycles. The highest BCUT2D eigenvalue weighted by molar-refractivity contribution is 7.13. The van der Waals surface area contributed by atoms with Gasteiger partial charge in [0.25, 0.3) is 0 Å². The summed E-state index contributed by atoms with van der Waals surface area (Å²) in [4.78, 5) is 8.09. The zero-order valence-corrected chi connectivity index (χ0v) is 15.1. The maximum Gasteiger partial charge on any atom is 0.236 e. The second kappa shape index (κ2) is 6.90. The Labute approximate surface area is 150 Å². The number of thiophene rings is 1. The summed E-state index contributed by atoms with van der Waals surface area (Å²) in [6, 6.07) is 10.2. The summed E-state index contributed by atoms with van der Waals surface area (Å²) in [6.07, 6.45) is 0. The minimum Gasteiger partial charge on any atom is -0.454 e. The Balaban J connectivity index is 1.49. The number of aryl methyl sites for hydroxylation is 1. The van der Waals surface area contributed by atoms with Crippen LogP contribution in [0.2, 0.25) is 0 Å². The van der Waals surface area contributed by atoms with Crippen LogP contribution in [0.15, 0.2) is 40.1 Å². The second-order valence-electron chi connectivity index (χ2n) is 5.99. The molecule has 0 atom stereocenters. The van der Waals surface area contributed by atoms with Crippen LogP contribution >= 0.6 is 11.3 Å². The van der Waals surface area contributed by atoms with E-state index >= 15 is 0 Å². The Morgan fingerprint density at radius 1 is 1.16 bits per heavy atom. The minimum absolute atomic E-state index is 0.305. The van der Waals surface area contributed by atoms with E-state index in [1.165, 1.54) is 5.56 Å². The van der Waals surface area contributed by atoms with Crippen LogP contribution < -0.4 is 9.47 Å². The van der Waals surface area contributed by atoms with Gasteiger partial charge in [0.15, 0.2) is 11.5 Å². The van der Waals surface area contributed by atoms with Crippen molar-refractivity contribution in [2.75, 3.05) is 13.3 Å². The number of benzene rings is 1. The van der Waals surface area contributed by atoms with E-state index in [-0.39, 0.29) is 0 Å². The Morgan fingerprint density at radius 2 is 2.04 bits per heavy atom. The number of hydrogen-bond acceptors (Lipinski definition) is 6. The molecule has 6 heteroatoms. The fourth-order valence-corrected chi connectivity index (χ4v) is 3.52. The van der Waals surface area contributed by atoms with E-state index < -0.39 is 0 Å². The average molecular weight is 356 g/mol. The molecule has 130 valence electrons. The fraction of sp³-hybridized carbons (Fsp3) is 0.316. The first-order chi connectivity index (χ1) is 12.2. The van der Waals surface area contributed by atoms with Gasteiger partial charge in [-0.15, -0.1) is 11.3 Å². The second-order valence-corrected chi connectivity index (χ2v) is 6.94. The lowest BCUT2D eigenvalue weighted by Crippen LogP contribution is -2.22. The van der Waals surface area contributed by atoms with Gasteiger partial charge >= 0.3 is 0 Å². The number of nitrogens with zero attached hydrogens (tertiary/aromatic N) is 2. The van der Waals surface area contributed by atoms with Gasteiger partial charge in [-0.3, -0.25) is 4.90 Å². The summed E-state index contributed by atoms with van der Waals surface area (Å²) in [6.45, 7) is 6.95.